The van der Waals surface area contributed by atoms with E-state index in [1.807, 2.05) is 10.9 Å². The summed E-state index contributed by atoms with van der Waals surface area (Å²) in [6, 6.07) is 0. The monoisotopic (exact) mass is 194 g/mol. The third kappa shape index (κ3) is 2.25. The van der Waals surface area contributed by atoms with E-state index in [9.17, 15) is 0 Å². The van der Waals surface area contributed by atoms with Crippen molar-refractivity contribution in [3.05, 3.63) is 6.20 Å². The summed E-state index contributed by atoms with van der Waals surface area (Å²) in [6.45, 7) is 3.32. The highest BCUT2D eigenvalue weighted by Crippen LogP contribution is 2.29. The summed E-state index contributed by atoms with van der Waals surface area (Å²) in [4.78, 5) is 0. The smallest absolute Gasteiger partial charge is 0.165 e. The van der Waals surface area contributed by atoms with E-state index in [4.69, 9.17) is 5.73 Å². The minimum Gasteiger partial charge on any atom is -0.381 e. The first-order valence-electron chi connectivity index (χ1n) is 5.39. The fraction of sp³-hybridized carbons (Fsp3) is 0.800. The largest absolute Gasteiger partial charge is 0.381 e. The molecule has 0 aromatic carbocycles. The number of hydrogen-bond acceptors (Lipinski definition) is 3. The summed E-state index contributed by atoms with van der Waals surface area (Å²) in [7, 11) is 0. The van der Waals surface area contributed by atoms with Gasteiger partial charge in [0.05, 0.1) is 6.20 Å². The lowest BCUT2D eigenvalue weighted by atomic mass is 9.83. The van der Waals surface area contributed by atoms with Gasteiger partial charge < -0.3 is 5.73 Å². The molecule has 4 nitrogen and oxygen atoms in total. The van der Waals surface area contributed by atoms with Crippen LogP contribution < -0.4 is 5.73 Å². The molecular formula is C10H18N4. The highest BCUT2D eigenvalue weighted by molar-refractivity contribution is 5.19. The van der Waals surface area contributed by atoms with Crippen LogP contribution in [0.5, 0.6) is 0 Å². The van der Waals surface area contributed by atoms with Gasteiger partial charge in [-0.05, 0) is 24.7 Å². The van der Waals surface area contributed by atoms with Crippen molar-refractivity contribution in [3.63, 3.8) is 0 Å². The molecule has 1 aliphatic carbocycles. The van der Waals surface area contributed by atoms with Gasteiger partial charge in [0, 0.05) is 6.54 Å². The van der Waals surface area contributed by atoms with Gasteiger partial charge in [-0.15, -0.1) is 5.10 Å². The molecule has 1 aromatic heterocycles. The quantitative estimate of drug-likeness (QED) is 0.779. The molecular weight excluding hydrogens is 176 g/mol. The third-order valence-corrected chi connectivity index (χ3v) is 3.14. The first kappa shape index (κ1) is 9.49. The Morgan fingerprint density at radius 3 is 2.71 bits per heavy atom. The SMILES string of the molecule is CC1CCC(Cn2cc(N)nn2)CC1. The highest BCUT2D eigenvalue weighted by Gasteiger charge is 2.18. The van der Waals surface area contributed by atoms with Gasteiger partial charge in [0.2, 0.25) is 0 Å². The van der Waals surface area contributed by atoms with Crippen LogP contribution in [0.2, 0.25) is 0 Å². The van der Waals surface area contributed by atoms with Crippen LogP contribution in [0.15, 0.2) is 6.20 Å². The van der Waals surface area contributed by atoms with Gasteiger partial charge >= 0.3 is 0 Å². The zero-order valence-corrected chi connectivity index (χ0v) is 8.69. The third-order valence-electron chi connectivity index (χ3n) is 3.14. The molecule has 0 spiro atoms. The van der Waals surface area contributed by atoms with E-state index in [1.165, 1.54) is 25.7 Å². The summed E-state index contributed by atoms with van der Waals surface area (Å²) >= 11 is 0. The van der Waals surface area contributed by atoms with E-state index in [1.54, 1.807) is 0 Å². The second kappa shape index (κ2) is 3.98. The van der Waals surface area contributed by atoms with E-state index in [0.29, 0.717) is 5.82 Å². The maximum atomic E-state index is 5.51. The number of nitrogens with two attached hydrogens (primary N) is 1. The molecule has 0 saturated heterocycles. The molecule has 4 heteroatoms. The molecule has 0 radical (unpaired) electrons. The molecule has 0 unspecified atom stereocenters. The lowest BCUT2D eigenvalue weighted by molar-refractivity contribution is 0.256. The average Bonchev–Trinajstić information content (AvgIpc) is 2.56. The zero-order valence-electron chi connectivity index (χ0n) is 8.69. The second-order valence-electron chi connectivity index (χ2n) is 4.49. The van der Waals surface area contributed by atoms with Gasteiger partial charge in [-0.3, -0.25) is 4.68 Å². The van der Waals surface area contributed by atoms with Crippen LogP contribution in [-0.4, -0.2) is 15.0 Å². The fourth-order valence-electron chi connectivity index (χ4n) is 2.18. The molecule has 1 aromatic rings. The van der Waals surface area contributed by atoms with Crippen molar-refractivity contribution in [2.24, 2.45) is 11.8 Å². The van der Waals surface area contributed by atoms with Gasteiger partial charge in [-0.1, -0.05) is 25.0 Å². The van der Waals surface area contributed by atoms with Crippen LogP contribution >= 0.6 is 0 Å². The topological polar surface area (TPSA) is 56.7 Å². The Morgan fingerprint density at radius 1 is 1.43 bits per heavy atom. The summed E-state index contributed by atoms with van der Waals surface area (Å²) in [5.41, 5.74) is 5.51. The minimum atomic E-state index is 0.522. The molecule has 2 N–H and O–H groups in total. The molecule has 0 atom stereocenters. The summed E-state index contributed by atoms with van der Waals surface area (Å²) < 4.78 is 1.87. The summed E-state index contributed by atoms with van der Waals surface area (Å²) in [5.74, 6) is 2.20. The molecule has 0 amide bonds. The molecule has 78 valence electrons. The number of hydrogen-bond donors (Lipinski definition) is 1. The molecule has 1 fully saturated rings. The van der Waals surface area contributed by atoms with Gasteiger partial charge in [-0.2, -0.15) is 0 Å². The average molecular weight is 194 g/mol. The van der Waals surface area contributed by atoms with Crippen molar-refractivity contribution in [1.82, 2.24) is 15.0 Å². The lowest BCUT2D eigenvalue weighted by Crippen LogP contribution is -2.18. The van der Waals surface area contributed by atoms with E-state index in [2.05, 4.69) is 17.2 Å². The Labute approximate surface area is 84.5 Å². The van der Waals surface area contributed by atoms with Gasteiger partial charge in [0.15, 0.2) is 5.82 Å². The molecule has 0 aliphatic heterocycles. The van der Waals surface area contributed by atoms with Crippen molar-refractivity contribution >= 4 is 5.82 Å². The number of nitrogens with zero attached hydrogens (tertiary/aromatic N) is 3. The molecule has 0 bridgehead atoms. The van der Waals surface area contributed by atoms with Crippen molar-refractivity contribution in [2.75, 3.05) is 5.73 Å². The standard InChI is InChI=1S/C10H18N4/c1-8-2-4-9(5-3-8)6-14-7-10(11)12-13-14/h7-9H,2-6,11H2,1H3. The molecule has 1 aliphatic rings. The number of nitrogen functional groups attached to an aromatic ring is 1. The molecule has 1 heterocycles. The van der Waals surface area contributed by atoms with Crippen LogP contribution in [-0.2, 0) is 6.54 Å². The first-order chi connectivity index (χ1) is 6.74. The van der Waals surface area contributed by atoms with Crippen LogP contribution in [0.4, 0.5) is 5.82 Å². The van der Waals surface area contributed by atoms with E-state index in [-0.39, 0.29) is 0 Å². The van der Waals surface area contributed by atoms with Gasteiger partial charge in [0.1, 0.15) is 0 Å². The Kier molecular flexibility index (Phi) is 2.70. The van der Waals surface area contributed by atoms with Crippen molar-refractivity contribution in [1.29, 1.82) is 0 Å². The van der Waals surface area contributed by atoms with Crippen molar-refractivity contribution in [2.45, 2.75) is 39.2 Å². The maximum Gasteiger partial charge on any atom is 0.165 e. The van der Waals surface area contributed by atoms with E-state index in [0.717, 1.165) is 18.4 Å². The number of rotatable bonds is 2. The highest BCUT2D eigenvalue weighted by atomic mass is 15.4. The molecule has 1 saturated carbocycles. The Hall–Kier alpha value is -1.06. The predicted molar refractivity (Wildman–Crippen MR) is 55.6 cm³/mol. The maximum absolute atomic E-state index is 5.51. The van der Waals surface area contributed by atoms with E-state index >= 15 is 0 Å². The second-order valence-corrected chi connectivity index (χ2v) is 4.49. The summed E-state index contributed by atoms with van der Waals surface area (Å²) in [5, 5.41) is 7.76. The normalized spacial score (nSPS) is 27.8. The zero-order chi connectivity index (χ0) is 9.97. The van der Waals surface area contributed by atoms with Crippen LogP contribution in [0, 0.1) is 11.8 Å². The Balaban J connectivity index is 1.86. The van der Waals surface area contributed by atoms with Gasteiger partial charge in [0.25, 0.3) is 0 Å². The molecule has 14 heavy (non-hydrogen) atoms. The van der Waals surface area contributed by atoms with Crippen LogP contribution in [0.1, 0.15) is 32.6 Å². The summed E-state index contributed by atoms with van der Waals surface area (Å²) in [6.07, 6.45) is 7.17. The minimum absolute atomic E-state index is 0.522. The predicted octanol–water partition coefficient (Wildman–Crippen LogP) is 1.69. The van der Waals surface area contributed by atoms with Crippen LogP contribution in [0.25, 0.3) is 0 Å². The number of anilines is 1. The van der Waals surface area contributed by atoms with E-state index < -0.39 is 0 Å². The lowest BCUT2D eigenvalue weighted by Gasteiger charge is -2.25. The van der Waals surface area contributed by atoms with Crippen molar-refractivity contribution < 1.29 is 0 Å². The first-order valence-corrected chi connectivity index (χ1v) is 5.39. The Morgan fingerprint density at radius 2 is 2.14 bits per heavy atom. The Bertz CT molecular complexity index is 286. The van der Waals surface area contributed by atoms with Crippen molar-refractivity contribution in [3.8, 4) is 0 Å². The number of aromatic nitrogens is 3. The fourth-order valence-corrected chi connectivity index (χ4v) is 2.18. The molecule has 2 rings (SSSR count). The van der Waals surface area contributed by atoms with Gasteiger partial charge in [-0.25, -0.2) is 0 Å². The van der Waals surface area contributed by atoms with Crippen LogP contribution in [0.3, 0.4) is 0 Å².